The number of benzene rings is 2. The van der Waals surface area contributed by atoms with Crippen LogP contribution in [0.25, 0.3) is 6.08 Å². The fraction of sp³-hybridized carbons (Fsp3) is 0.238. The van der Waals surface area contributed by atoms with Gasteiger partial charge < -0.3 is 5.11 Å². The number of aliphatic hydroxyl groups excluding tert-OH is 1. The SMILES string of the molecule is Cc1ccc([S@](=O)/C(=C\c2ccccc2)C2=C[C@H](O)CCC2)cc1. The van der Waals surface area contributed by atoms with Crippen molar-refractivity contribution < 1.29 is 9.32 Å². The molecule has 1 aliphatic rings. The van der Waals surface area contributed by atoms with Crippen LogP contribution in [0.15, 0.2) is 76.0 Å². The molecule has 3 rings (SSSR count). The third-order valence-electron chi connectivity index (χ3n) is 4.19. The molecule has 0 amide bonds. The first-order valence-corrected chi connectivity index (χ1v) is 9.43. The first kappa shape index (κ1) is 16.9. The van der Waals surface area contributed by atoms with Gasteiger partial charge in [0.2, 0.25) is 0 Å². The summed E-state index contributed by atoms with van der Waals surface area (Å²) in [7, 11) is -1.26. The Kier molecular flexibility index (Phi) is 5.44. The number of hydrogen-bond acceptors (Lipinski definition) is 2. The molecule has 24 heavy (non-hydrogen) atoms. The maximum atomic E-state index is 13.2. The standard InChI is InChI=1S/C21H22O2S/c1-16-10-12-20(13-11-16)24(23)21(14-17-6-3-2-4-7-17)18-8-5-9-19(22)15-18/h2-4,6-7,10-15,19,22H,5,8-9H2,1H3/b21-14-/t19-,24+/m1/s1. The molecule has 2 aromatic rings. The lowest BCUT2D eigenvalue weighted by Gasteiger charge is -2.19. The highest BCUT2D eigenvalue weighted by Crippen LogP contribution is 2.31. The first-order valence-electron chi connectivity index (χ1n) is 8.28. The van der Waals surface area contributed by atoms with Crippen LogP contribution in [0.5, 0.6) is 0 Å². The van der Waals surface area contributed by atoms with Gasteiger partial charge in [-0.05, 0) is 55.5 Å². The van der Waals surface area contributed by atoms with Crippen LogP contribution in [0.2, 0.25) is 0 Å². The average Bonchev–Trinajstić information content (AvgIpc) is 2.61. The second kappa shape index (κ2) is 7.73. The van der Waals surface area contributed by atoms with E-state index in [0.717, 1.165) is 45.8 Å². The van der Waals surface area contributed by atoms with Crippen molar-refractivity contribution in [3.05, 3.63) is 82.3 Å². The van der Waals surface area contributed by atoms with Gasteiger partial charge in [0.1, 0.15) is 0 Å². The Morgan fingerprint density at radius 2 is 1.83 bits per heavy atom. The normalized spacial score (nSPS) is 19.7. The van der Waals surface area contributed by atoms with E-state index in [1.165, 1.54) is 0 Å². The van der Waals surface area contributed by atoms with Gasteiger partial charge in [0.25, 0.3) is 0 Å². The minimum atomic E-state index is -1.26. The summed E-state index contributed by atoms with van der Waals surface area (Å²) in [4.78, 5) is 1.59. The molecule has 1 aliphatic carbocycles. The van der Waals surface area contributed by atoms with Crippen molar-refractivity contribution in [2.45, 2.75) is 37.2 Å². The molecule has 0 heterocycles. The van der Waals surface area contributed by atoms with Crippen molar-refractivity contribution in [3.8, 4) is 0 Å². The highest BCUT2D eigenvalue weighted by molar-refractivity contribution is 7.89. The third-order valence-corrected chi connectivity index (χ3v) is 5.67. The highest BCUT2D eigenvalue weighted by Gasteiger charge is 2.19. The van der Waals surface area contributed by atoms with E-state index in [2.05, 4.69) is 0 Å². The Morgan fingerprint density at radius 3 is 2.50 bits per heavy atom. The zero-order chi connectivity index (χ0) is 16.9. The molecule has 124 valence electrons. The van der Waals surface area contributed by atoms with Gasteiger partial charge in [-0.3, -0.25) is 0 Å². The molecule has 0 spiro atoms. The zero-order valence-corrected chi connectivity index (χ0v) is 14.6. The molecule has 0 saturated carbocycles. The van der Waals surface area contributed by atoms with E-state index in [9.17, 15) is 9.32 Å². The van der Waals surface area contributed by atoms with Crippen LogP contribution in [0.4, 0.5) is 0 Å². The van der Waals surface area contributed by atoms with Crippen molar-refractivity contribution in [2.24, 2.45) is 0 Å². The van der Waals surface area contributed by atoms with Crippen LogP contribution < -0.4 is 0 Å². The monoisotopic (exact) mass is 338 g/mol. The third kappa shape index (κ3) is 4.11. The largest absolute Gasteiger partial charge is 0.389 e. The maximum absolute atomic E-state index is 13.2. The van der Waals surface area contributed by atoms with Crippen molar-refractivity contribution in [3.63, 3.8) is 0 Å². The van der Waals surface area contributed by atoms with Gasteiger partial charge in [-0.15, -0.1) is 0 Å². The zero-order valence-electron chi connectivity index (χ0n) is 13.8. The molecule has 3 heteroatoms. The van der Waals surface area contributed by atoms with Gasteiger partial charge in [-0.2, -0.15) is 0 Å². The lowest BCUT2D eigenvalue weighted by atomic mass is 9.96. The molecule has 2 nitrogen and oxygen atoms in total. The van der Waals surface area contributed by atoms with Crippen molar-refractivity contribution in [1.82, 2.24) is 0 Å². The second-order valence-electron chi connectivity index (χ2n) is 6.15. The Bertz CT molecular complexity index is 773. The van der Waals surface area contributed by atoms with Gasteiger partial charge in [0.05, 0.1) is 16.9 Å². The lowest BCUT2D eigenvalue weighted by Crippen LogP contribution is -2.12. The van der Waals surface area contributed by atoms with Crippen LogP contribution in [0, 0.1) is 6.92 Å². The lowest BCUT2D eigenvalue weighted by molar-refractivity contribution is 0.203. The molecule has 0 aliphatic heterocycles. The number of rotatable bonds is 4. The maximum Gasteiger partial charge on any atom is 0.0852 e. The summed E-state index contributed by atoms with van der Waals surface area (Å²) < 4.78 is 13.2. The van der Waals surface area contributed by atoms with E-state index >= 15 is 0 Å². The van der Waals surface area contributed by atoms with Gasteiger partial charge in [-0.25, -0.2) is 4.21 Å². The second-order valence-corrected chi connectivity index (χ2v) is 7.60. The first-order chi connectivity index (χ1) is 11.6. The highest BCUT2D eigenvalue weighted by atomic mass is 32.2. The van der Waals surface area contributed by atoms with Crippen LogP contribution in [-0.4, -0.2) is 15.4 Å². The van der Waals surface area contributed by atoms with Gasteiger partial charge in [0.15, 0.2) is 0 Å². The molecule has 0 fully saturated rings. The molecule has 2 atom stereocenters. The van der Waals surface area contributed by atoms with E-state index in [-0.39, 0.29) is 0 Å². The fourth-order valence-corrected chi connectivity index (χ4v) is 4.15. The summed E-state index contributed by atoms with van der Waals surface area (Å²) in [5, 5.41) is 9.98. The Labute approximate surface area is 146 Å². The molecule has 0 saturated heterocycles. The molecule has 1 N–H and O–H groups in total. The van der Waals surface area contributed by atoms with E-state index in [4.69, 9.17) is 0 Å². The van der Waals surface area contributed by atoms with Gasteiger partial charge in [0, 0.05) is 9.80 Å². The van der Waals surface area contributed by atoms with E-state index in [1.54, 1.807) is 0 Å². The van der Waals surface area contributed by atoms with Crippen molar-refractivity contribution in [2.75, 3.05) is 0 Å². The number of hydrogen-bond donors (Lipinski definition) is 1. The smallest absolute Gasteiger partial charge is 0.0852 e. The summed E-state index contributed by atoms with van der Waals surface area (Å²) >= 11 is 0. The molecule has 0 aromatic heterocycles. The summed E-state index contributed by atoms with van der Waals surface area (Å²) in [5.41, 5.74) is 3.17. The molecular formula is C21H22O2S. The minimum absolute atomic E-state index is 0.442. The summed E-state index contributed by atoms with van der Waals surface area (Å²) in [6.45, 7) is 2.02. The molecule has 0 unspecified atom stereocenters. The summed E-state index contributed by atoms with van der Waals surface area (Å²) in [5.74, 6) is 0. The Balaban J connectivity index is 2.03. The van der Waals surface area contributed by atoms with Crippen LogP contribution in [0.1, 0.15) is 30.4 Å². The van der Waals surface area contributed by atoms with Crippen LogP contribution in [0.3, 0.4) is 0 Å². The summed E-state index contributed by atoms with van der Waals surface area (Å²) in [6.07, 6.45) is 5.96. The van der Waals surface area contributed by atoms with Crippen molar-refractivity contribution >= 4 is 16.9 Å². The minimum Gasteiger partial charge on any atom is -0.389 e. The average molecular weight is 338 g/mol. The molecular weight excluding hydrogens is 316 g/mol. The molecule has 0 bridgehead atoms. The van der Waals surface area contributed by atoms with Gasteiger partial charge >= 0.3 is 0 Å². The van der Waals surface area contributed by atoms with E-state index in [1.807, 2.05) is 73.7 Å². The predicted molar refractivity (Wildman–Crippen MR) is 99.9 cm³/mol. The Morgan fingerprint density at radius 1 is 1.12 bits per heavy atom. The molecule has 0 radical (unpaired) electrons. The summed E-state index contributed by atoms with van der Waals surface area (Å²) in [6, 6.07) is 17.7. The van der Waals surface area contributed by atoms with E-state index < -0.39 is 16.9 Å². The number of aliphatic hydroxyl groups is 1. The quantitative estimate of drug-likeness (QED) is 0.883. The fourth-order valence-electron chi connectivity index (χ4n) is 2.86. The van der Waals surface area contributed by atoms with Crippen molar-refractivity contribution in [1.29, 1.82) is 0 Å². The number of aryl methyl sites for hydroxylation is 1. The topological polar surface area (TPSA) is 37.3 Å². The van der Waals surface area contributed by atoms with E-state index in [0.29, 0.717) is 0 Å². The molecule has 2 aromatic carbocycles. The predicted octanol–water partition coefficient (Wildman–Crippen LogP) is 4.61. The Hall–Kier alpha value is -1.97. The van der Waals surface area contributed by atoms with Gasteiger partial charge in [-0.1, -0.05) is 54.1 Å². The van der Waals surface area contributed by atoms with Crippen LogP contribution in [-0.2, 0) is 10.8 Å². The van der Waals surface area contributed by atoms with Crippen LogP contribution >= 0.6 is 0 Å². The number of allylic oxidation sites excluding steroid dienone is 1.